The van der Waals surface area contributed by atoms with Crippen LogP contribution in [0.2, 0.25) is 0 Å². The van der Waals surface area contributed by atoms with Gasteiger partial charge in [0.1, 0.15) is 5.82 Å². The lowest BCUT2D eigenvalue weighted by Crippen LogP contribution is -1.99. The van der Waals surface area contributed by atoms with Crippen molar-refractivity contribution in [3.8, 4) is 11.1 Å². The first-order chi connectivity index (χ1) is 8.22. The number of halogens is 1. The van der Waals surface area contributed by atoms with Gasteiger partial charge in [-0.05, 0) is 30.2 Å². The zero-order valence-electron chi connectivity index (χ0n) is 9.78. The Hall–Kier alpha value is -1.90. The lowest BCUT2D eigenvalue weighted by atomic mass is 9.99. The third-order valence-electron chi connectivity index (χ3n) is 2.72. The highest BCUT2D eigenvalue weighted by molar-refractivity contribution is 5.78. The van der Waals surface area contributed by atoms with Gasteiger partial charge in [0.05, 0.1) is 0 Å². The summed E-state index contributed by atoms with van der Waals surface area (Å²) in [6.07, 6.45) is 5.11. The highest BCUT2D eigenvalue weighted by Gasteiger charge is 2.09. The van der Waals surface area contributed by atoms with E-state index in [9.17, 15) is 4.39 Å². The van der Waals surface area contributed by atoms with E-state index in [2.05, 4.69) is 4.98 Å². The second-order valence-corrected chi connectivity index (χ2v) is 4.02. The molecule has 0 aliphatic carbocycles. The number of hydrogen-bond donors (Lipinski definition) is 1. The second kappa shape index (κ2) is 4.95. The molecule has 17 heavy (non-hydrogen) atoms. The predicted molar refractivity (Wildman–Crippen MR) is 68.0 cm³/mol. The molecule has 0 unspecified atom stereocenters. The SMILES string of the molecule is CCCc1cc(F)cc(-c2cccnc2)c1N. The number of aryl methyl sites for hydroxylation is 1. The molecule has 0 saturated carbocycles. The van der Waals surface area contributed by atoms with Crippen LogP contribution in [0.4, 0.5) is 10.1 Å². The average Bonchev–Trinajstić information content (AvgIpc) is 2.35. The number of aromatic nitrogens is 1. The quantitative estimate of drug-likeness (QED) is 0.820. The molecule has 0 radical (unpaired) electrons. The Morgan fingerprint density at radius 1 is 1.35 bits per heavy atom. The molecule has 1 heterocycles. The highest BCUT2D eigenvalue weighted by atomic mass is 19.1. The fourth-order valence-electron chi connectivity index (χ4n) is 1.91. The Morgan fingerprint density at radius 2 is 2.18 bits per heavy atom. The molecule has 0 aliphatic rings. The van der Waals surface area contributed by atoms with Crippen molar-refractivity contribution < 1.29 is 4.39 Å². The minimum atomic E-state index is -0.249. The van der Waals surface area contributed by atoms with Gasteiger partial charge in [0, 0.05) is 29.2 Å². The molecular weight excluding hydrogens is 215 g/mol. The molecule has 1 aromatic heterocycles. The Kier molecular flexibility index (Phi) is 3.38. The smallest absolute Gasteiger partial charge is 0.124 e. The van der Waals surface area contributed by atoms with Crippen molar-refractivity contribution in [1.82, 2.24) is 4.98 Å². The van der Waals surface area contributed by atoms with Crippen molar-refractivity contribution in [2.75, 3.05) is 5.73 Å². The van der Waals surface area contributed by atoms with Crippen molar-refractivity contribution in [3.05, 3.63) is 48.0 Å². The summed E-state index contributed by atoms with van der Waals surface area (Å²) < 4.78 is 13.5. The average molecular weight is 230 g/mol. The van der Waals surface area contributed by atoms with Crippen molar-refractivity contribution in [2.24, 2.45) is 0 Å². The van der Waals surface area contributed by atoms with Crippen LogP contribution >= 0.6 is 0 Å². The van der Waals surface area contributed by atoms with Gasteiger partial charge in [-0.25, -0.2) is 4.39 Å². The van der Waals surface area contributed by atoms with Crippen molar-refractivity contribution in [2.45, 2.75) is 19.8 Å². The standard InChI is InChI=1S/C14H15FN2/c1-2-4-10-7-12(15)8-13(14(10)16)11-5-3-6-17-9-11/h3,5-9H,2,4,16H2,1H3. The summed E-state index contributed by atoms with van der Waals surface area (Å²) in [4.78, 5) is 4.03. The minimum Gasteiger partial charge on any atom is -0.398 e. The molecule has 2 nitrogen and oxygen atoms in total. The van der Waals surface area contributed by atoms with Crippen molar-refractivity contribution >= 4 is 5.69 Å². The van der Waals surface area contributed by atoms with Gasteiger partial charge >= 0.3 is 0 Å². The molecule has 0 aliphatic heterocycles. The Labute approximate surface area is 100 Å². The largest absolute Gasteiger partial charge is 0.398 e. The van der Waals surface area contributed by atoms with E-state index in [4.69, 9.17) is 5.73 Å². The number of anilines is 1. The van der Waals surface area contributed by atoms with Crippen LogP contribution in [0.3, 0.4) is 0 Å². The topological polar surface area (TPSA) is 38.9 Å². The van der Waals surface area contributed by atoms with Crippen LogP contribution in [0.15, 0.2) is 36.7 Å². The van der Waals surface area contributed by atoms with Gasteiger partial charge < -0.3 is 5.73 Å². The lowest BCUT2D eigenvalue weighted by Gasteiger charge is -2.11. The maximum Gasteiger partial charge on any atom is 0.124 e. The third-order valence-corrected chi connectivity index (χ3v) is 2.72. The summed E-state index contributed by atoms with van der Waals surface area (Å²) in [6.45, 7) is 2.05. The number of nitrogens with zero attached hydrogens (tertiary/aromatic N) is 1. The first kappa shape index (κ1) is 11.6. The maximum absolute atomic E-state index is 13.5. The van der Waals surface area contributed by atoms with Crippen LogP contribution < -0.4 is 5.73 Å². The van der Waals surface area contributed by atoms with E-state index in [0.717, 1.165) is 29.5 Å². The fourth-order valence-corrected chi connectivity index (χ4v) is 1.91. The van der Waals surface area contributed by atoms with E-state index >= 15 is 0 Å². The first-order valence-electron chi connectivity index (χ1n) is 5.70. The van der Waals surface area contributed by atoms with Gasteiger partial charge in [-0.1, -0.05) is 19.4 Å². The lowest BCUT2D eigenvalue weighted by molar-refractivity contribution is 0.626. The molecule has 0 bridgehead atoms. The monoisotopic (exact) mass is 230 g/mol. The molecule has 0 saturated heterocycles. The second-order valence-electron chi connectivity index (χ2n) is 4.02. The van der Waals surface area contributed by atoms with E-state index < -0.39 is 0 Å². The van der Waals surface area contributed by atoms with Crippen LogP contribution in [-0.4, -0.2) is 4.98 Å². The van der Waals surface area contributed by atoms with E-state index in [1.54, 1.807) is 12.4 Å². The molecule has 2 aromatic rings. The van der Waals surface area contributed by atoms with E-state index in [1.165, 1.54) is 12.1 Å². The van der Waals surface area contributed by atoms with E-state index in [-0.39, 0.29) is 5.82 Å². The third kappa shape index (κ3) is 2.44. The molecule has 3 heteroatoms. The number of benzene rings is 1. The summed E-state index contributed by atoms with van der Waals surface area (Å²) in [5.41, 5.74) is 9.17. The predicted octanol–water partition coefficient (Wildman–Crippen LogP) is 3.42. The van der Waals surface area contributed by atoms with Crippen molar-refractivity contribution in [1.29, 1.82) is 0 Å². The van der Waals surface area contributed by atoms with Gasteiger partial charge in [0.2, 0.25) is 0 Å². The van der Waals surface area contributed by atoms with Crippen LogP contribution in [-0.2, 0) is 6.42 Å². The first-order valence-corrected chi connectivity index (χ1v) is 5.70. The van der Waals surface area contributed by atoms with Crippen LogP contribution in [0, 0.1) is 5.82 Å². The van der Waals surface area contributed by atoms with Gasteiger partial charge in [0.15, 0.2) is 0 Å². The van der Waals surface area contributed by atoms with Crippen molar-refractivity contribution in [3.63, 3.8) is 0 Å². The zero-order valence-corrected chi connectivity index (χ0v) is 9.78. The number of hydrogen-bond acceptors (Lipinski definition) is 2. The number of rotatable bonds is 3. The number of pyridine rings is 1. The molecule has 1 aromatic carbocycles. The molecule has 88 valence electrons. The normalized spacial score (nSPS) is 10.5. The van der Waals surface area contributed by atoms with Gasteiger partial charge in [-0.15, -0.1) is 0 Å². The summed E-state index contributed by atoms with van der Waals surface area (Å²) in [6, 6.07) is 6.68. The maximum atomic E-state index is 13.5. The minimum absolute atomic E-state index is 0.249. The number of nitrogens with two attached hydrogens (primary N) is 1. The van der Waals surface area contributed by atoms with Gasteiger partial charge in [-0.2, -0.15) is 0 Å². The van der Waals surface area contributed by atoms with Crippen LogP contribution in [0.5, 0.6) is 0 Å². The van der Waals surface area contributed by atoms with Gasteiger partial charge in [-0.3, -0.25) is 4.98 Å². The van der Waals surface area contributed by atoms with Gasteiger partial charge in [0.25, 0.3) is 0 Å². The molecule has 0 atom stereocenters. The Balaban J connectivity index is 2.54. The molecular formula is C14H15FN2. The molecule has 0 fully saturated rings. The molecule has 0 spiro atoms. The fraction of sp³-hybridized carbons (Fsp3) is 0.214. The highest BCUT2D eigenvalue weighted by Crippen LogP contribution is 2.30. The molecule has 2 rings (SSSR count). The molecule has 2 N–H and O–H groups in total. The molecule has 0 amide bonds. The summed E-state index contributed by atoms with van der Waals surface area (Å²) in [5, 5.41) is 0. The van der Waals surface area contributed by atoms with Crippen LogP contribution in [0.25, 0.3) is 11.1 Å². The zero-order chi connectivity index (χ0) is 12.3. The Bertz CT molecular complexity index is 509. The van der Waals surface area contributed by atoms with E-state index in [1.807, 2.05) is 19.1 Å². The Morgan fingerprint density at radius 3 is 2.82 bits per heavy atom. The number of nitrogen functional groups attached to an aromatic ring is 1. The van der Waals surface area contributed by atoms with Crippen LogP contribution in [0.1, 0.15) is 18.9 Å². The van der Waals surface area contributed by atoms with E-state index in [0.29, 0.717) is 5.69 Å². The summed E-state index contributed by atoms with van der Waals surface area (Å²) in [7, 11) is 0. The summed E-state index contributed by atoms with van der Waals surface area (Å²) in [5.74, 6) is -0.249. The summed E-state index contributed by atoms with van der Waals surface area (Å²) >= 11 is 0.